The Bertz CT molecular complexity index is 1060. The summed E-state index contributed by atoms with van der Waals surface area (Å²) in [6, 6.07) is 13.6. The van der Waals surface area contributed by atoms with E-state index in [9.17, 15) is 4.79 Å². The largest absolute Gasteiger partial charge is 0.497 e. The van der Waals surface area contributed by atoms with Crippen LogP contribution >= 0.6 is 11.8 Å². The molecule has 0 spiro atoms. The van der Waals surface area contributed by atoms with Crippen LogP contribution in [0.15, 0.2) is 47.6 Å². The first kappa shape index (κ1) is 24.4. The predicted octanol–water partition coefficient (Wildman–Crippen LogP) is 4.56. The van der Waals surface area contributed by atoms with Crippen molar-refractivity contribution in [2.75, 3.05) is 43.3 Å². The first-order valence-electron chi connectivity index (χ1n) is 11.0. The van der Waals surface area contributed by atoms with E-state index >= 15 is 0 Å². The zero-order valence-corrected chi connectivity index (χ0v) is 20.6. The van der Waals surface area contributed by atoms with E-state index in [1.807, 2.05) is 11.5 Å². The molecule has 0 bridgehead atoms. The maximum atomic E-state index is 12.6. The average Bonchev–Trinajstić information content (AvgIpc) is 3.27. The fourth-order valence-corrected chi connectivity index (χ4v) is 4.32. The highest BCUT2D eigenvalue weighted by Crippen LogP contribution is 2.30. The molecule has 1 amide bonds. The van der Waals surface area contributed by atoms with Gasteiger partial charge in [-0.2, -0.15) is 0 Å². The van der Waals surface area contributed by atoms with Crippen LogP contribution in [0.25, 0.3) is 11.4 Å². The molecular formula is C24H31N5O3S. The summed E-state index contributed by atoms with van der Waals surface area (Å²) in [5, 5.41) is 12.3. The third-order valence-electron chi connectivity index (χ3n) is 5.30. The molecule has 176 valence electrons. The molecule has 8 nitrogen and oxygen atoms in total. The van der Waals surface area contributed by atoms with Gasteiger partial charge in [0.25, 0.3) is 0 Å². The minimum atomic E-state index is -0.153. The van der Waals surface area contributed by atoms with Crippen molar-refractivity contribution in [2.24, 2.45) is 0 Å². The molecule has 2 aromatic carbocycles. The highest BCUT2D eigenvalue weighted by molar-refractivity contribution is 7.99. The van der Waals surface area contributed by atoms with E-state index in [0.717, 1.165) is 24.5 Å². The minimum Gasteiger partial charge on any atom is -0.497 e. The molecule has 3 aromatic rings. The number of thioether (sulfide) groups is 1. The van der Waals surface area contributed by atoms with Crippen LogP contribution in [0.5, 0.6) is 11.5 Å². The van der Waals surface area contributed by atoms with Gasteiger partial charge in [0.15, 0.2) is 11.0 Å². The standard InChI is InChI=1S/C24H31N5O3S/c1-6-28(7-2)18-11-9-17(10-12-18)23-26-27-24(29(23)8-3)33-16-22(30)25-20-14-13-19(31-4)15-21(20)32-5/h9-15H,6-8,16H2,1-5H3,(H,25,30). The third kappa shape index (κ3) is 5.78. The normalized spacial score (nSPS) is 10.7. The van der Waals surface area contributed by atoms with E-state index in [1.165, 1.54) is 17.4 Å². The number of nitrogens with one attached hydrogen (secondary N) is 1. The Morgan fingerprint density at radius 2 is 1.76 bits per heavy atom. The number of rotatable bonds is 11. The van der Waals surface area contributed by atoms with E-state index in [1.54, 1.807) is 32.4 Å². The molecule has 0 saturated heterocycles. The minimum absolute atomic E-state index is 0.153. The lowest BCUT2D eigenvalue weighted by Gasteiger charge is -2.21. The Labute approximate surface area is 199 Å². The predicted molar refractivity (Wildman–Crippen MR) is 134 cm³/mol. The number of anilines is 2. The molecule has 1 heterocycles. The maximum Gasteiger partial charge on any atom is 0.234 e. The zero-order valence-electron chi connectivity index (χ0n) is 19.8. The lowest BCUT2D eigenvalue weighted by molar-refractivity contribution is -0.113. The monoisotopic (exact) mass is 469 g/mol. The molecule has 0 atom stereocenters. The molecule has 0 aliphatic carbocycles. The van der Waals surface area contributed by atoms with Gasteiger partial charge in [0.05, 0.1) is 25.7 Å². The highest BCUT2D eigenvalue weighted by Gasteiger charge is 2.16. The van der Waals surface area contributed by atoms with Crippen LogP contribution < -0.4 is 19.7 Å². The van der Waals surface area contributed by atoms with E-state index in [0.29, 0.717) is 28.9 Å². The highest BCUT2D eigenvalue weighted by atomic mass is 32.2. The van der Waals surface area contributed by atoms with Gasteiger partial charge in [0, 0.05) is 37.0 Å². The number of methoxy groups -OCH3 is 2. The Hall–Kier alpha value is -3.20. The molecule has 33 heavy (non-hydrogen) atoms. The molecule has 0 unspecified atom stereocenters. The number of ether oxygens (including phenoxy) is 2. The van der Waals surface area contributed by atoms with Crippen LogP contribution in [0.2, 0.25) is 0 Å². The molecule has 0 aliphatic heterocycles. The second kappa shape index (κ2) is 11.6. The van der Waals surface area contributed by atoms with Crippen molar-refractivity contribution in [3.63, 3.8) is 0 Å². The molecule has 0 aliphatic rings. The number of nitrogens with zero attached hydrogens (tertiary/aromatic N) is 4. The van der Waals surface area contributed by atoms with Gasteiger partial charge in [0.2, 0.25) is 5.91 Å². The number of benzene rings is 2. The van der Waals surface area contributed by atoms with E-state index < -0.39 is 0 Å². The number of carbonyl (C=O) groups is 1. The van der Waals surface area contributed by atoms with Gasteiger partial charge in [-0.15, -0.1) is 10.2 Å². The summed E-state index contributed by atoms with van der Waals surface area (Å²) in [5.74, 6) is 2.05. The smallest absolute Gasteiger partial charge is 0.234 e. The second-order valence-electron chi connectivity index (χ2n) is 7.17. The van der Waals surface area contributed by atoms with Gasteiger partial charge in [-0.05, 0) is 57.2 Å². The van der Waals surface area contributed by atoms with E-state index in [4.69, 9.17) is 9.47 Å². The number of hydrogen-bond donors (Lipinski definition) is 1. The number of aromatic nitrogens is 3. The fourth-order valence-electron chi connectivity index (χ4n) is 3.52. The summed E-state index contributed by atoms with van der Waals surface area (Å²) < 4.78 is 12.6. The first-order chi connectivity index (χ1) is 16.0. The van der Waals surface area contributed by atoms with E-state index in [-0.39, 0.29) is 11.7 Å². The molecular weight excluding hydrogens is 438 g/mol. The summed E-state index contributed by atoms with van der Waals surface area (Å²) >= 11 is 1.35. The van der Waals surface area contributed by atoms with Gasteiger partial charge < -0.3 is 24.3 Å². The van der Waals surface area contributed by atoms with Crippen molar-refractivity contribution in [1.82, 2.24) is 14.8 Å². The number of amides is 1. The Kier molecular flexibility index (Phi) is 8.59. The summed E-state index contributed by atoms with van der Waals surface area (Å²) in [7, 11) is 3.14. The summed E-state index contributed by atoms with van der Waals surface area (Å²) in [4.78, 5) is 14.9. The fraction of sp³-hybridized carbons (Fsp3) is 0.375. The third-order valence-corrected chi connectivity index (χ3v) is 6.27. The van der Waals surface area contributed by atoms with Crippen molar-refractivity contribution < 1.29 is 14.3 Å². The van der Waals surface area contributed by atoms with Crippen LogP contribution in [-0.2, 0) is 11.3 Å². The topological polar surface area (TPSA) is 81.5 Å². The van der Waals surface area contributed by atoms with Crippen LogP contribution in [0, 0.1) is 0 Å². The van der Waals surface area contributed by atoms with Gasteiger partial charge in [0.1, 0.15) is 11.5 Å². The zero-order chi connectivity index (χ0) is 23.8. The SMILES string of the molecule is CCN(CC)c1ccc(-c2nnc(SCC(=O)Nc3ccc(OC)cc3OC)n2CC)cc1. The molecule has 0 radical (unpaired) electrons. The lowest BCUT2D eigenvalue weighted by Crippen LogP contribution is -2.21. The molecule has 1 N–H and O–H groups in total. The summed E-state index contributed by atoms with van der Waals surface area (Å²) in [6.07, 6.45) is 0. The van der Waals surface area contributed by atoms with Crippen molar-refractivity contribution in [1.29, 1.82) is 0 Å². The van der Waals surface area contributed by atoms with Crippen molar-refractivity contribution in [3.05, 3.63) is 42.5 Å². The molecule has 3 rings (SSSR count). The quantitative estimate of drug-likeness (QED) is 0.412. The van der Waals surface area contributed by atoms with Gasteiger partial charge in [-0.25, -0.2) is 0 Å². The average molecular weight is 470 g/mol. The second-order valence-corrected chi connectivity index (χ2v) is 8.12. The lowest BCUT2D eigenvalue weighted by atomic mass is 10.2. The molecule has 0 fully saturated rings. The molecule has 0 saturated carbocycles. The Balaban J connectivity index is 1.69. The number of carbonyl (C=O) groups excluding carboxylic acids is 1. The maximum absolute atomic E-state index is 12.6. The first-order valence-corrected chi connectivity index (χ1v) is 12.0. The molecule has 9 heteroatoms. The van der Waals surface area contributed by atoms with Crippen LogP contribution in [0.1, 0.15) is 20.8 Å². The van der Waals surface area contributed by atoms with Crippen molar-refractivity contribution in [3.8, 4) is 22.9 Å². The van der Waals surface area contributed by atoms with Crippen molar-refractivity contribution in [2.45, 2.75) is 32.5 Å². The summed E-state index contributed by atoms with van der Waals surface area (Å²) in [5.41, 5.74) is 2.78. The Morgan fingerprint density at radius 1 is 1.03 bits per heavy atom. The van der Waals surface area contributed by atoms with Gasteiger partial charge in [-0.1, -0.05) is 11.8 Å². The van der Waals surface area contributed by atoms with Gasteiger partial charge >= 0.3 is 0 Å². The summed E-state index contributed by atoms with van der Waals surface area (Å²) in [6.45, 7) is 8.98. The van der Waals surface area contributed by atoms with Crippen molar-refractivity contribution >= 4 is 29.0 Å². The number of hydrogen-bond acceptors (Lipinski definition) is 7. The van der Waals surface area contributed by atoms with Crippen LogP contribution in [0.3, 0.4) is 0 Å². The van der Waals surface area contributed by atoms with Crippen LogP contribution in [0.4, 0.5) is 11.4 Å². The Morgan fingerprint density at radius 3 is 2.36 bits per heavy atom. The van der Waals surface area contributed by atoms with Crippen LogP contribution in [-0.4, -0.2) is 53.7 Å². The molecule has 1 aromatic heterocycles. The van der Waals surface area contributed by atoms with E-state index in [2.05, 4.69) is 58.5 Å². The van der Waals surface area contributed by atoms with Gasteiger partial charge in [-0.3, -0.25) is 4.79 Å².